The first-order chi connectivity index (χ1) is 30.6. The number of hydrogen-bond donors (Lipinski definition) is 4. The van der Waals surface area contributed by atoms with Crippen LogP contribution in [0, 0.1) is 11.6 Å². The maximum atomic E-state index is 14.2. The summed E-state index contributed by atoms with van der Waals surface area (Å²) in [6.45, 7) is 7.56. The molecule has 67 heavy (non-hydrogen) atoms. The zero-order chi connectivity index (χ0) is 49.3. The van der Waals surface area contributed by atoms with Crippen molar-refractivity contribution in [2.45, 2.75) is 114 Å². The number of anilines is 2. The molecular weight excluding hydrogens is 947 g/mol. The predicted molar refractivity (Wildman–Crippen MR) is 241 cm³/mol. The van der Waals surface area contributed by atoms with Crippen molar-refractivity contribution < 1.29 is 65.8 Å². The molecule has 2 aliphatic rings. The average molecular weight is 1000 g/mol. The van der Waals surface area contributed by atoms with Gasteiger partial charge in [0, 0.05) is 85.8 Å². The molecule has 4 N–H and O–H groups in total. The molecule has 2 aliphatic carbocycles. The van der Waals surface area contributed by atoms with Gasteiger partial charge in [-0.15, -0.1) is 0 Å². The van der Waals surface area contributed by atoms with Gasteiger partial charge in [0.1, 0.15) is 11.6 Å². The number of carbonyl (C=O) groups excluding carboxylic acids is 2. The van der Waals surface area contributed by atoms with E-state index >= 15 is 0 Å². The van der Waals surface area contributed by atoms with E-state index in [0.717, 1.165) is 21.1 Å². The van der Waals surface area contributed by atoms with Gasteiger partial charge in [-0.05, 0) is 72.2 Å². The summed E-state index contributed by atoms with van der Waals surface area (Å²) in [4.78, 5) is 39.5. The molecule has 0 amide bonds. The van der Waals surface area contributed by atoms with Gasteiger partial charge in [0.15, 0.2) is 0 Å². The molecule has 2 aromatic heterocycles. The molecule has 23 heteroatoms. The number of aromatic nitrogens is 4. The molecular formula is C44H54CaF2N6O12S2. The van der Waals surface area contributed by atoms with Gasteiger partial charge in [-0.25, -0.2) is 54.2 Å². The minimum Gasteiger partial charge on any atom is -0.550 e. The number of aliphatic carboxylic acids is 2. The van der Waals surface area contributed by atoms with Gasteiger partial charge in [-0.2, -0.15) is 0 Å². The molecule has 6 rings (SSSR count). The van der Waals surface area contributed by atoms with Crippen LogP contribution in [0.15, 0.2) is 36.4 Å². The van der Waals surface area contributed by atoms with E-state index in [0.29, 0.717) is 56.2 Å². The van der Waals surface area contributed by atoms with Crippen molar-refractivity contribution in [3.8, 4) is 22.5 Å². The summed E-state index contributed by atoms with van der Waals surface area (Å²) in [6, 6.07) is 8.07. The summed E-state index contributed by atoms with van der Waals surface area (Å²) in [5.74, 6) is -5.50. The molecule has 2 aromatic carbocycles. The third-order valence-electron chi connectivity index (χ3n) is 11.7. The fourth-order valence-electron chi connectivity index (χ4n) is 8.26. The molecule has 0 bridgehead atoms. The molecule has 6 atom stereocenters. The Morgan fingerprint density at radius 3 is 1.27 bits per heavy atom. The molecule has 0 radical (unpaired) electrons. The Morgan fingerprint density at radius 1 is 0.657 bits per heavy atom. The first-order valence-electron chi connectivity index (χ1n) is 21.0. The van der Waals surface area contributed by atoms with Crippen LogP contribution in [0.2, 0.25) is 0 Å². The summed E-state index contributed by atoms with van der Waals surface area (Å²) in [6.07, 6.45) is -4.23. The fourth-order valence-corrected chi connectivity index (χ4v) is 9.01. The third-order valence-corrected chi connectivity index (χ3v) is 14.0. The zero-order valence-corrected chi connectivity index (χ0v) is 42.2. The molecule has 2 heterocycles. The van der Waals surface area contributed by atoms with E-state index in [-0.39, 0.29) is 87.2 Å². The number of aliphatic hydroxyl groups excluding tert-OH is 4. The Labute approximate surface area is 418 Å². The molecule has 0 fully saturated rings. The first-order valence-corrected chi connectivity index (χ1v) is 24.7. The van der Waals surface area contributed by atoms with Crippen LogP contribution >= 0.6 is 0 Å². The third kappa shape index (κ3) is 13.2. The number of fused-ring (bicyclic) bond motifs is 6. The molecule has 0 aliphatic heterocycles. The number of halogens is 2. The normalized spacial score (nSPS) is 17.0. The minimum absolute atomic E-state index is 0. The summed E-state index contributed by atoms with van der Waals surface area (Å²) >= 11 is 0. The summed E-state index contributed by atoms with van der Waals surface area (Å²) in [5, 5.41) is 63.3. The molecule has 0 saturated heterocycles. The van der Waals surface area contributed by atoms with Crippen LogP contribution in [-0.2, 0) is 42.5 Å². The molecule has 0 saturated carbocycles. The quantitative estimate of drug-likeness (QED) is 0.114. The topological polar surface area (TPSA) is 287 Å². The van der Waals surface area contributed by atoms with Gasteiger partial charge in [0.2, 0.25) is 31.9 Å². The predicted octanol–water partition coefficient (Wildman–Crippen LogP) is 1.01. The number of carbonyl (C=O) groups is 2. The van der Waals surface area contributed by atoms with E-state index in [1.807, 2.05) is 27.7 Å². The van der Waals surface area contributed by atoms with Crippen molar-refractivity contribution in [1.29, 1.82) is 0 Å². The number of nitrogens with zero attached hydrogens (tertiary/aromatic N) is 6. The Kier molecular flexibility index (Phi) is 18.4. The van der Waals surface area contributed by atoms with Gasteiger partial charge in [-0.1, -0.05) is 27.7 Å². The van der Waals surface area contributed by atoms with Crippen molar-refractivity contribution in [3.05, 3.63) is 81.7 Å². The van der Waals surface area contributed by atoms with Gasteiger partial charge < -0.3 is 40.2 Å². The summed E-state index contributed by atoms with van der Waals surface area (Å²) < 4.78 is 78.6. The number of aliphatic hydroxyl groups is 4. The number of sulfonamides is 2. The van der Waals surface area contributed by atoms with Crippen LogP contribution in [-0.4, -0.2) is 158 Å². The Bertz CT molecular complexity index is 2530. The van der Waals surface area contributed by atoms with Crippen LogP contribution in [0.5, 0.6) is 0 Å². The van der Waals surface area contributed by atoms with Crippen LogP contribution in [0.4, 0.5) is 20.7 Å². The number of hydrogen-bond acceptors (Lipinski definition) is 16. The van der Waals surface area contributed by atoms with Gasteiger partial charge in [-0.3, -0.25) is 0 Å². The second kappa shape index (κ2) is 22.2. The second-order valence-corrected chi connectivity index (χ2v) is 21.4. The molecule has 18 nitrogen and oxygen atoms in total. The van der Waals surface area contributed by atoms with Crippen LogP contribution in [0.1, 0.15) is 111 Å². The Balaban J connectivity index is 0.000000288. The van der Waals surface area contributed by atoms with E-state index in [1.165, 1.54) is 50.5 Å². The van der Waals surface area contributed by atoms with Gasteiger partial charge in [0.25, 0.3) is 0 Å². The molecule has 0 unspecified atom stereocenters. The second-order valence-electron chi connectivity index (χ2n) is 17.4. The van der Waals surface area contributed by atoms with Crippen molar-refractivity contribution in [2.24, 2.45) is 0 Å². The maximum absolute atomic E-state index is 14.2. The standard InChI is InChI=1S/2C22H28FN3O6S.Ca/c2*1-11(2)20-17-10-16(18(28)8-13(27)9-19(29)30)15-7-12(23)5-6-14(15)21(17)25-22(24-20)26(3)33(4,31)32;/h2*5-7,11,13,16,18,27-28H,8-10H2,1-4H3,(H,29,30);/q;;+2/p-2/t2*13-,16+,18+;/m11./s1. The average Bonchev–Trinajstić information content (AvgIpc) is 3.20. The van der Waals surface area contributed by atoms with Crippen molar-refractivity contribution in [3.63, 3.8) is 0 Å². The van der Waals surface area contributed by atoms with E-state index < -0.39 is 92.7 Å². The van der Waals surface area contributed by atoms with E-state index in [2.05, 4.69) is 19.9 Å². The largest absolute Gasteiger partial charge is 2.00 e. The Hall–Kier alpha value is -4.00. The van der Waals surface area contributed by atoms with Crippen LogP contribution < -0.4 is 18.8 Å². The zero-order valence-electron chi connectivity index (χ0n) is 38.3. The first kappa shape index (κ1) is 55.6. The molecule has 4 aromatic rings. The minimum atomic E-state index is -3.63. The van der Waals surface area contributed by atoms with E-state index in [9.17, 15) is 65.8 Å². The SMILES string of the molecule is CC(C)c1nc(N(C)S(C)(=O)=O)nc2c1C[C@H]([C@@H](O)C[C@@H](O)CC(=O)[O-])c1cc(F)ccc1-2.CC(C)c1nc(N(C)S(C)(=O)=O)nc2c1C[C@H]([C@@H](O)C[C@@H](O)CC(=O)[O-])c1cc(F)ccc1-2.[Ca+2]. The molecule has 360 valence electrons. The van der Waals surface area contributed by atoms with Crippen LogP contribution in [0.25, 0.3) is 22.5 Å². The van der Waals surface area contributed by atoms with Gasteiger partial charge in [0.05, 0.1) is 59.7 Å². The number of benzene rings is 2. The Morgan fingerprint density at radius 2 is 0.985 bits per heavy atom. The van der Waals surface area contributed by atoms with Crippen molar-refractivity contribution in [2.75, 3.05) is 35.2 Å². The van der Waals surface area contributed by atoms with Crippen molar-refractivity contribution >= 4 is 81.6 Å². The van der Waals surface area contributed by atoms with E-state index in [1.54, 1.807) is 0 Å². The summed E-state index contributed by atoms with van der Waals surface area (Å²) in [7, 11) is -4.56. The number of rotatable bonds is 16. The van der Waals surface area contributed by atoms with Crippen molar-refractivity contribution in [1.82, 2.24) is 19.9 Å². The number of carboxylic acid groups (broad SMARTS) is 2. The molecule has 0 spiro atoms. The van der Waals surface area contributed by atoms with Gasteiger partial charge >= 0.3 is 37.7 Å². The number of carboxylic acids is 2. The van der Waals surface area contributed by atoms with Crippen LogP contribution in [0.3, 0.4) is 0 Å². The summed E-state index contributed by atoms with van der Waals surface area (Å²) in [5.41, 5.74) is 5.38. The smallest absolute Gasteiger partial charge is 0.550 e. The fraction of sp³-hybridized carbons (Fsp3) is 0.500. The monoisotopic (exact) mass is 1000 g/mol. The van der Waals surface area contributed by atoms with E-state index in [4.69, 9.17) is 0 Å². The maximum Gasteiger partial charge on any atom is 2.00 e.